The maximum absolute atomic E-state index is 4.43. The first-order valence-corrected chi connectivity index (χ1v) is 6.51. The highest BCUT2D eigenvalue weighted by Gasteiger charge is 1.94. The van der Waals surface area contributed by atoms with Crippen LogP contribution in [0.2, 0.25) is 0 Å². The highest BCUT2D eigenvalue weighted by atomic mass is 79.9. The average molecular weight is 303 g/mol. The lowest BCUT2D eigenvalue weighted by Gasteiger charge is -2.11. The van der Waals surface area contributed by atoms with Gasteiger partial charge < -0.3 is 4.90 Å². The SMILES string of the molecule is CN(C)c1ccc(/C=N/c2ccc(Br)cc2)cc1. The molecule has 0 atom stereocenters. The summed E-state index contributed by atoms with van der Waals surface area (Å²) in [5, 5.41) is 0. The van der Waals surface area contributed by atoms with Gasteiger partial charge in [0.1, 0.15) is 0 Å². The molecule has 0 aliphatic heterocycles. The van der Waals surface area contributed by atoms with Crippen molar-refractivity contribution in [2.24, 2.45) is 4.99 Å². The Kier molecular flexibility index (Phi) is 4.15. The van der Waals surface area contributed by atoms with Crippen molar-refractivity contribution in [1.29, 1.82) is 0 Å². The van der Waals surface area contributed by atoms with Crippen molar-refractivity contribution in [2.75, 3.05) is 19.0 Å². The normalized spacial score (nSPS) is 10.8. The molecule has 0 saturated carbocycles. The van der Waals surface area contributed by atoms with E-state index >= 15 is 0 Å². The second-order valence-corrected chi connectivity index (χ2v) is 5.14. The Bertz CT molecular complexity index is 527. The molecule has 0 aliphatic carbocycles. The van der Waals surface area contributed by atoms with Gasteiger partial charge in [-0.05, 0) is 42.0 Å². The molecule has 0 aromatic heterocycles. The summed E-state index contributed by atoms with van der Waals surface area (Å²) in [7, 11) is 4.07. The van der Waals surface area contributed by atoms with E-state index in [-0.39, 0.29) is 0 Å². The summed E-state index contributed by atoms with van der Waals surface area (Å²) in [5.41, 5.74) is 3.24. The molecule has 0 unspecified atom stereocenters. The van der Waals surface area contributed by atoms with E-state index in [2.05, 4.69) is 50.1 Å². The third-order valence-electron chi connectivity index (χ3n) is 2.60. The van der Waals surface area contributed by atoms with Crippen LogP contribution in [0.25, 0.3) is 0 Å². The summed E-state index contributed by atoms with van der Waals surface area (Å²) in [4.78, 5) is 6.51. The predicted octanol–water partition coefficient (Wildman–Crippen LogP) is 4.27. The van der Waals surface area contributed by atoms with Crippen LogP contribution in [0.4, 0.5) is 11.4 Å². The first kappa shape index (κ1) is 12.8. The maximum atomic E-state index is 4.43. The number of nitrogens with zero attached hydrogens (tertiary/aromatic N) is 2. The van der Waals surface area contributed by atoms with Gasteiger partial charge in [-0.15, -0.1) is 0 Å². The number of halogens is 1. The summed E-state index contributed by atoms with van der Waals surface area (Å²) in [6, 6.07) is 16.2. The fourth-order valence-corrected chi connectivity index (χ4v) is 1.80. The van der Waals surface area contributed by atoms with Crippen molar-refractivity contribution in [2.45, 2.75) is 0 Å². The van der Waals surface area contributed by atoms with Crippen molar-refractivity contribution in [1.82, 2.24) is 0 Å². The van der Waals surface area contributed by atoms with Crippen molar-refractivity contribution < 1.29 is 0 Å². The van der Waals surface area contributed by atoms with Gasteiger partial charge in [-0.1, -0.05) is 28.1 Å². The van der Waals surface area contributed by atoms with Crippen LogP contribution < -0.4 is 4.90 Å². The first-order chi connectivity index (χ1) is 8.65. The quantitative estimate of drug-likeness (QED) is 0.773. The Morgan fingerprint density at radius 1 is 0.944 bits per heavy atom. The number of anilines is 1. The molecule has 0 aliphatic rings. The average Bonchev–Trinajstić information content (AvgIpc) is 2.38. The lowest BCUT2D eigenvalue weighted by molar-refractivity contribution is 1.13. The molecule has 0 spiro atoms. The predicted molar refractivity (Wildman–Crippen MR) is 82.2 cm³/mol. The Balaban J connectivity index is 2.11. The number of aliphatic imine (C=N–C) groups is 1. The zero-order valence-electron chi connectivity index (χ0n) is 10.5. The van der Waals surface area contributed by atoms with Gasteiger partial charge in [-0.25, -0.2) is 0 Å². The van der Waals surface area contributed by atoms with E-state index in [1.807, 2.05) is 44.6 Å². The summed E-state index contributed by atoms with van der Waals surface area (Å²) in [6.07, 6.45) is 1.88. The molecule has 0 bridgehead atoms. The van der Waals surface area contributed by atoms with Gasteiger partial charge >= 0.3 is 0 Å². The number of benzene rings is 2. The molecule has 3 heteroatoms. The zero-order chi connectivity index (χ0) is 13.0. The van der Waals surface area contributed by atoms with Crippen molar-refractivity contribution in [3.8, 4) is 0 Å². The van der Waals surface area contributed by atoms with Gasteiger partial charge in [0.2, 0.25) is 0 Å². The molecular formula is C15H15BrN2. The van der Waals surface area contributed by atoms with Crippen LogP contribution in [0, 0.1) is 0 Å². The molecule has 18 heavy (non-hydrogen) atoms. The van der Waals surface area contributed by atoms with Crippen molar-refractivity contribution in [3.05, 3.63) is 58.6 Å². The minimum absolute atomic E-state index is 0.954. The highest BCUT2D eigenvalue weighted by molar-refractivity contribution is 9.10. The molecular weight excluding hydrogens is 288 g/mol. The molecule has 2 aromatic rings. The standard InChI is InChI=1S/C15H15BrN2/c1-18(2)15-9-3-12(4-10-15)11-17-14-7-5-13(16)6-8-14/h3-11H,1-2H3/b17-11+. The largest absolute Gasteiger partial charge is 0.378 e. The topological polar surface area (TPSA) is 15.6 Å². The Morgan fingerprint density at radius 2 is 1.56 bits per heavy atom. The molecule has 0 heterocycles. The van der Waals surface area contributed by atoms with E-state index in [0.29, 0.717) is 0 Å². The van der Waals surface area contributed by atoms with Crippen LogP contribution >= 0.6 is 15.9 Å². The van der Waals surface area contributed by atoms with Gasteiger partial charge in [0.25, 0.3) is 0 Å². The Labute approximate surface area is 116 Å². The van der Waals surface area contributed by atoms with Gasteiger partial charge in [0.15, 0.2) is 0 Å². The summed E-state index contributed by atoms with van der Waals surface area (Å²) >= 11 is 3.41. The van der Waals surface area contributed by atoms with E-state index in [4.69, 9.17) is 0 Å². The molecule has 0 saturated heterocycles. The van der Waals surface area contributed by atoms with E-state index in [0.717, 1.165) is 15.7 Å². The fourth-order valence-electron chi connectivity index (χ4n) is 1.53. The van der Waals surface area contributed by atoms with Gasteiger partial charge in [-0.3, -0.25) is 4.99 Å². The Hall–Kier alpha value is -1.61. The smallest absolute Gasteiger partial charge is 0.0630 e. The van der Waals surface area contributed by atoms with E-state index in [1.54, 1.807) is 0 Å². The highest BCUT2D eigenvalue weighted by Crippen LogP contribution is 2.17. The van der Waals surface area contributed by atoms with Gasteiger partial charge in [0.05, 0.1) is 5.69 Å². The molecule has 92 valence electrons. The van der Waals surface area contributed by atoms with Crippen LogP contribution in [0.5, 0.6) is 0 Å². The second-order valence-electron chi connectivity index (χ2n) is 4.22. The van der Waals surface area contributed by atoms with Crippen LogP contribution in [0.1, 0.15) is 5.56 Å². The lowest BCUT2D eigenvalue weighted by atomic mass is 10.2. The van der Waals surface area contributed by atoms with E-state index in [1.165, 1.54) is 5.69 Å². The molecule has 0 radical (unpaired) electrons. The molecule has 2 nitrogen and oxygen atoms in total. The lowest BCUT2D eigenvalue weighted by Crippen LogP contribution is -2.08. The monoisotopic (exact) mass is 302 g/mol. The summed E-state index contributed by atoms with van der Waals surface area (Å²) in [6.45, 7) is 0. The maximum Gasteiger partial charge on any atom is 0.0630 e. The zero-order valence-corrected chi connectivity index (χ0v) is 12.1. The van der Waals surface area contributed by atoms with E-state index in [9.17, 15) is 0 Å². The fraction of sp³-hybridized carbons (Fsp3) is 0.133. The molecule has 2 aromatic carbocycles. The number of rotatable bonds is 3. The third kappa shape index (κ3) is 3.44. The second kappa shape index (κ2) is 5.83. The van der Waals surface area contributed by atoms with Gasteiger partial charge in [0, 0.05) is 30.5 Å². The van der Waals surface area contributed by atoms with Crippen LogP contribution in [0.15, 0.2) is 58.0 Å². The summed E-state index contributed by atoms with van der Waals surface area (Å²) < 4.78 is 1.07. The minimum Gasteiger partial charge on any atom is -0.378 e. The molecule has 0 amide bonds. The van der Waals surface area contributed by atoms with E-state index < -0.39 is 0 Å². The number of hydrogen-bond acceptors (Lipinski definition) is 2. The number of hydrogen-bond donors (Lipinski definition) is 0. The third-order valence-corrected chi connectivity index (χ3v) is 3.13. The molecule has 0 N–H and O–H groups in total. The van der Waals surface area contributed by atoms with Crippen LogP contribution in [-0.2, 0) is 0 Å². The molecule has 0 fully saturated rings. The minimum atomic E-state index is 0.954. The van der Waals surface area contributed by atoms with Crippen LogP contribution in [-0.4, -0.2) is 20.3 Å². The van der Waals surface area contributed by atoms with Gasteiger partial charge in [-0.2, -0.15) is 0 Å². The Morgan fingerprint density at radius 3 is 2.11 bits per heavy atom. The molecule has 2 rings (SSSR count). The summed E-state index contributed by atoms with van der Waals surface area (Å²) in [5.74, 6) is 0. The first-order valence-electron chi connectivity index (χ1n) is 5.72. The van der Waals surface area contributed by atoms with Crippen molar-refractivity contribution >= 4 is 33.5 Å². The van der Waals surface area contributed by atoms with Crippen LogP contribution in [0.3, 0.4) is 0 Å². The van der Waals surface area contributed by atoms with Crippen molar-refractivity contribution in [3.63, 3.8) is 0 Å².